The molecule has 0 spiro atoms. The highest BCUT2D eigenvalue weighted by molar-refractivity contribution is 7.89. The molecule has 2 aromatic heterocycles. The summed E-state index contributed by atoms with van der Waals surface area (Å²) in [5, 5.41) is 6.05. The maximum absolute atomic E-state index is 14.2. The number of nitrogens with zero attached hydrogens (tertiary/aromatic N) is 3. The molecule has 2 aliphatic rings. The molecular weight excluding hydrogens is 542 g/mol. The van der Waals surface area contributed by atoms with Crippen LogP contribution in [0.1, 0.15) is 53.2 Å². The van der Waals surface area contributed by atoms with Crippen LogP contribution in [-0.2, 0) is 10.0 Å². The summed E-state index contributed by atoms with van der Waals surface area (Å²) in [7, 11) is -3.68. The number of anilines is 1. The summed E-state index contributed by atoms with van der Waals surface area (Å²) in [4.78, 5) is 29.6. The van der Waals surface area contributed by atoms with Crippen LogP contribution in [0.5, 0.6) is 0 Å². The quantitative estimate of drug-likeness (QED) is 0.266. The largest absolute Gasteiger partial charge is 0.450 e. The van der Waals surface area contributed by atoms with E-state index in [9.17, 15) is 18.0 Å². The maximum Gasteiger partial charge on any atom is 0.296 e. The van der Waals surface area contributed by atoms with E-state index < -0.39 is 22.0 Å². The minimum atomic E-state index is -3.68. The topological polar surface area (TPSA) is 114 Å². The number of hydrogen-bond acceptors (Lipinski definition) is 7. The number of fused-ring (bicyclic) bond motifs is 4. The average Bonchev–Trinajstić information content (AvgIpc) is 3.53. The molecule has 4 heterocycles. The van der Waals surface area contributed by atoms with Crippen molar-refractivity contribution in [2.75, 3.05) is 18.0 Å². The zero-order valence-electron chi connectivity index (χ0n) is 22.5. The predicted octanol–water partition coefficient (Wildman–Crippen LogP) is 5.41. The van der Waals surface area contributed by atoms with Crippen LogP contribution >= 0.6 is 0 Å². The van der Waals surface area contributed by atoms with Gasteiger partial charge in [-0.15, -0.1) is 0 Å². The molecule has 0 aliphatic carbocycles. The van der Waals surface area contributed by atoms with Crippen molar-refractivity contribution in [2.24, 2.45) is 5.92 Å². The second kappa shape index (κ2) is 9.39. The van der Waals surface area contributed by atoms with Gasteiger partial charge in [-0.1, -0.05) is 54.5 Å². The number of carbonyl (C=O) groups excluding carboxylic acids is 1. The lowest BCUT2D eigenvalue weighted by molar-refractivity contribution is 0.0969. The minimum absolute atomic E-state index is 0.0671. The molecule has 208 valence electrons. The zero-order chi connectivity index (χ0) is 28.5. The Morgan fingerprint density at radius 1 is 0.951 bits per heavy atom. The van der Waals surface area contributed by atoms with Gasteiger partial charge in [-0.2, -0.15) is 4.31 Å². The van der Waals surface area contributed by atoms with Crippen LogP contribution in [0.2, 0.25) is 0 Å². The highest BCUT2D eigenvalue weighted by atomic mass is 32.2. The number of hydrogen-bond donors (Lipinski definition) is 0. The zero-order valence-corrected chi connectivity index (χ0v) is 23.3. The second-order valence-corrected chi connectivity index (χ2v) is 12.8. The predicted molar refractivity (Wildman–Crippen MR) is 153 cm³/mol. The Kier molecular flexibility index (Phi) is 5.88. The van der Waals surface area contributed by atoms with Gasteiger partial charge in [-0.3, -0.25) is 14.5 Å². The Bertz CT molecular complexity index is 2000. The Balaban J connectivity index is 1.39. The summed E-state index contributed by atoms with van der Waals surface area (Å²) in [5.41, 5.74) is 0.726. The summed E-state index contributed by atoms with van der Waals surface area (Å²) in [6.07, 6.45) is 1.64. The first kappa shape index (κ1) is 25.7. The molecule has 0 bridgehead atoms. The van der Waals surface area contributed by atoms with E-state index in [2.05, 4.69) is 12.1 Å². The van der Waals surface area contributed by atoms with Crippen LogP contribution in [0.15, 0.2) is 85.4 Å². The van der Waals surface area contributed by atoms with Crippen LogP contribution in [0.3, 0.4) is 0 Å². The van der Waals surface area contributed by atoms with Crippen molar-refractivity contribution in [1.29, 1.82) is 0 Å². The third-order valence-electron chi connectivity index (χ3n) is 8.20. The summed E-state index contributed by atoms with van der Waals surface area (Å²) in [5.74, 6) is 0.633. The molecule has 1 saturated heterocycles. The van der Waals surface area contributed by atoms with E-state index >= 15 is 0 Å². The van der Waals surface area contributed by atoms with E-state index in [1.807, 2.05) is 30.3 Å². The number of rotatable bonds is 4. The molecule has 1 amide bonds. The Morgan fingerprint density at radius 3 is 2.39 bits per heavy atom. The molecule has 5 aromatic rings. The van der Waals surface area contributed by atoms with Gasteiger partial charge in [-0.05, 0) is 60.2 Å². The highest BCUT2D eigenvalue weighted by Gasteiger charge is 2.45. The number of sulfonamides is 1. The number of carbonyl (C=O) groups is 1. The van der Waals surface area contributed by atoms with Gasteiger partial charge < -0.3 is 8.94 Å². The third kappa shape index (κ3) is 4.00. The smallest absolute Gasteiger partial charge is 0.296 e. The molecular formula is C31H27N3O6S. The molecule has 9 nitrogen and oxygen atoms in total. The molecule has 0 radical (unpaired) electrons. The Hall–Kier alpha value is -4.28. The summed E-state index contributed by atoms with van der Waals surface area (Å²) in [6.45, 7) is 4.81. The van der Waals surface area contributed by atoms with Crippen LogP contribution in [0, 0.1) is 12.8 Å². The Morgan fingerprint density at radius 2 is 1.68 bits per heavy atom. The number of benzene rings is 3. The van der Waals surface area contributed by atoms with Gasteiger partial charge in [0.05, 0.1) is 21.9 Å². The first-order valence-electron chi connectivity index (χ1n) is 13.6. The lowest BCUT2D eigenvalue weighted by atomic mass is 9.97. The fourth-order valence-electron chi connectivity index (χ4n) is 5.95. The Labute approximate surface area is 236 Å². The second-order valence-electron chi connectivity index (χ2n) is 10.9. The van der Waals surface area contributed by atoms with Crippen LogP contribution in [-0.4, -0.2) is 36.9 Å². The number of piperidine rings is 1. The highest BCUT2D eigenvalue weighted by Crippen LogP contribution is 2.42. The summed E-state index contributed by atoms with van der Waals surface area (Å²) >= 11 is 0. The fraction of sp³-hybridized carbons (Fsp3) is 0.258. The van der Waals surface area contributed by atoms with Gasteiger partial charge in [0.25, 0.3) is 5.91 Å². The van der Waals surface area contributed by atoms with Crippen molar-refractivity contribution in [3.63, 3.8) is 0 Å². The molecule has 1 atom stereocenters. The lowest BCUT2D eigenvalue weighted by Gasteiger charge is -2.29. The van der Waals surface area contributed by atoms with Gasteiger partial charge in [-0.25, -0.2) is 8.42 Å². The van der Waals surface area contributed by atoms with Crippen LogP contribution < -0.4 is 10.3 Å². The van der Waals surface area contributed by atoms with E-state index in [-0.39, 0.29) is 27.5 Å². The summed E-state index contributed by atoms with van der Waals surface area (Å²) in [6, 6.07) is 18.2. The van der Waals surface area contributed by atoms with Gasteiger partial charge in [0.1, 0.15) is 11.3 Å². The fourth-order valence-corrected chi connectivity index (χ4v) is 7.42. The van der Waals surface area contributed by atoms with E-state index in [0.29, 0.717) is 41.3 Å². The first-order chi connectivity index (χ1) is 19.7. The van der Waals surface area contributed by atoms with Crippen LogP contribution in [0.25, 0.3) is 21.7 Å². The van der Waals surface area contributed by atoms with Crippen LogP contribution in [0.4, 0.5) is 5.82 Å². The number of aryl methyl sites for hydroxylation is 1. The van der Waals surface area contributed by atoms with Gasteiger partial charge in [0, 0.05) is 19.2 Å². The van der Waals surface area contributed by atoms with Crippen molar-refractivity contribution >= 4 is 43.5 Å². The maximum atomic E-state index is 14.2. The van der Waals surface area contributed by atoms with Gasteiger partial charge in [0.15, 0.2) is 11.2 Å². The van der Waals surface area contributed by atoms with E-state index in [1.54, 1.807) is 31.2 Å². The monoisotopic (exact) mass is 569 g/mol. The van der Waals surface area contributed by atoms with Crippen molar-refractivity contribution in [1.82, 2.24) is 9.46 Å². The third-order valence-corrected chi connectivity index (χ3v) is 10.1. The minimum Gasteiger partial charge on any atom is -0.450 e. The number of amides is 1. The molecule has 1 unspecified atom stereocenters. The molecule has 1 fully saturated rings. The molecule has 10 heteroatoms. The van der Waals surface area contributed by atoms with Gasteiger partial charge in [0.2, 0.25) is 15.8 Å². The standard InChI is InChI=1S/C31H27N3O6S/c1-18-13-15-33(16-14-18)41(37,38)22-10-7-21(8-11-22)28-27-29(35)26-23-6-4-3-5-20(23)9-12-24(26)39-30(27)31(36)34(28)25-17-19(2)40-32-25/h3-12,17-18,28H,13-16H2,1-2H3. The van der Waals surface area contributed by atoms with Crippen molar-refractivity contribution < 1.29 is 22.2 Å². The van der Waals surface area contributed by atoms with E-state index in [1.165, 1.54) is 21.3 Å². The summed E-state index contributed by atoms with van der Waals surface area (Å²) < 4.78 is 39.7. The first-order valence-corrected chi connectivity index (χ1v) is 15.0. The molecule has 0 saturated carbocycles. The number of aromatic nitrogens is 1. The van der Waals surface area contributed by atoms with E-state index in [4.69, 9.17) is 8.94 Å². The molecule has 7 rings (SSSR count). The average molecular weight is 570 g/mol. The molecule has 0 N–H and O–H groups in total. The molecule has 3 aromatic carbocycles. The van der Waals surface area contributed by atoms with Crippen molar-refractivity contribution in [2.45, 2.75) is 37.6 Å². The SMILES string of the molecule is Cc1cc(N2C(=O)c3oc4ccc5ccccc5c4c(=O)c3C2c2ccc(S(=O)(=O)N3CCC(C)CC3)cc2)no1. The van der Waals surface area contributed by atoms with Crippen molar-refractivity contribution in [3.8, 4) is 0 Å². The van der Waals surface area contributed by atoms with Gasteiger partial charge >= 0.3 is 0 Å². The molecule has 41 heavy (non-hydrogen) atoms. The lowest BCUT2D eigenvalue weighted by Crippen LogP contribution is -2.37. The van der Waals surface area contributed by atoms with E-state index in [0.717, 1.165) is 23.6 Å². The molecule has 2 aliphatic heterocycles. The van der Waals surface area contributed by atoms with Crippen molar-refractivity contribution in [3.05, 3.63) is 99.6 Å². The normalized spacial score (nSPS) is 18.4.